The minimum absolute atomic E-state index is 0.259. The van der Waals surface area contributed by atoms with Gasteiger partial charge in [-0.3, -0.25) is 4.79 Å². The zero-order valence-corrected chi connectivity index (χ0v) is 18.0. The first-order valence-corrected chi connectivity index (χ1v) is 12.0. The first kappa shape index (κ1) is 19.6. The van der Waals surface area contributed by atoms with Gasteiger partial charge in [0.25, 0.3) is 0 Å². The van der Waals surface area contributed by atoms with Crippen LogP contribution >= 0.6 is 11.8 Å². The van der Waals surface area contributed by atoms with Gasteiger partial charge in [0.05, 0.1) is 5.75 Å². The summed E-state index contributed by atoms with van der Waals surface area (Å²) in [5, 5.41) is 12.1. The highest BCUT2D eigenvalue weighted by molar-refractivity contribution is 8.00. The van der Waals surface area contributed by atoms with Crippen molar-refractivity contribution in [3.63, 3.8) is 0 Å². The van der Waals surface area contributed by atoms with Crippen molar-refractivity contribution in [2.75, 3.05) is 12.3 Å². The summed E-state index contributed by atoms with van der Waals surface area (Å²) in [7, 11) is 0. The Labute approximate surface area is 182 Å². The molecule has 0 bridgehead atoms. The van der Waals surface area contributed by atoms with Crippen molar-refractivity contribution in [2.45, 2.75) is 49.6 Å². The third kappa shape index (κ3) is 3.83. The van der Waals surface area contributed by atoms with E-state index in [2.05, 4.69) is 39.4 Å². The quantitative estimate of drug-likeness (QED) is 0.521. The molecule has 0 spiro atoms. The fraction of sp³-hybridized carbons (Fsp3) is 0.400. The Kier molecular flexibility index (Phi) is 5.71. The Bertz CT molecular complexity index is 1040. The minimum atomic E-state index is 0.259. The molecule has 2 heterocycles. The molecule has 0 radical (unpaired) electrons. The van der Waals surface area contributed by atoms with E-state index in [0.29, 0.717) is 17.7 Å². The van der Waals surface area contributed by atoms with Gasteiger partial charge in [-0.1, -0.05) is 79.2 Å². The summed E-state index contributed by atoms with van der Waals surface area (Å²) in [4.78, 5) is 15.3. The zero-order valence-electron chi connectivity index (χ0n) is 17.2. The van der Waals surface area contributed by atoms with Crippen LogP contribution in [0.4, 0.5) is 0 Å². The number of piperidine rings is 1. The minimum Gasteiger partial charge on any atom is -0.339 e. The lowest BCUT2D eigenvalue weighted by atomic mass is 9.78. The lowest BCUT2D eigenvalue weighted by molar-refractivity contribution is -0.134. The lowest BCUT2D eigenvalue weighted by Gasteiger charge is -2.44. The highest BCUT2D eigenvalue weighted by atomic mass is 32.2. The molecule has 2 fully saturated rings. The standard InChI is InChI=1S/C25H27N3OS/c29-23(28-16-8-12-18-9-4-7-15-22(18)28)17-30-25-21-14-6-5-13-20(21)24(26-27-25)19-10-2-1-3-11-19/h1-3,5-6,10-11,13-14,18,22H,4,7-9,12,15-17H2/t18-,22-/m1/s1. The van der Waals surface area contributed by atoms with Gasteiger partial charge in [0, 0.05) is 28.9 Å². The zero-order chi connectivity index (χ0) is 20.3. The predicted molar refractivity (Wildman–Crippen MR) is 122 cm³/mol. The Morgan fingerprint density at radius 2 is 1.63 bits per heavy atom. The number of hydrogen-bond donors (Lipinski definition) is 0. The van der Waals surface area contributed by atoms with Crippen LogP contribution in [0.5, 0.6) is 0 Å². The molecule has 30 heavy (non-hydrogen) atoms. The smallest absolute Gasteiger partial charge is 0.233 e. The summed E-state index contributed by atoms with van der Waals surface area (Å²) in [5.74, 6) is 1.41. The monoisotopic (exact) mass is 417 g/mol. The van der Waals surface area contributed by atoms with Crippen LogP contribution in [0.25, 0.3) is 22.0 Å². The molecule has 2 aromatic carbocycles. The first-order chi connectivity index (χ1) is 14.8. The van der Waals surface area contributed by atoms with Crippen LogP contribution in [0.15, 0.2) is 59.6 Å². The topological polar surface area (TPSA) is 46.1 Å². The number of aromatic nitrogens is 2. The molecule has 154 valence electrons. The molecule has 3 aromatic rings. The molecule has 2 atom stereocenters. The van der Waals surface area contributed by atoms with E-state index in [1.807, 2.05) is 30.3 Å². The van der Waals surface area contributed by atoms with E-state index in [1.54, 1.807) is 0 Å². The average molecular weight is 418 g/mol. The van der Waals surface area contributed by atoms with Crippen molar-refractivity contribution < 1.29 is 4.79 Å². The van der Waals surface area contributed by atoms with E-state index in [9.17, 15) is 4.79 Å². The maximum Gasteiger partial charge on any atom is 0.233 e. The van der Waals surface area contributed by atoms with Crippen LogP contribution in [0.1, 0.15) is 38.5 Å². The molecule has 1 aliphatic carbocycles. The molecule has 1 saturated heterocycles. The van der Waals surface area contributed by atoms with Crippen LogP contribution in [-0.2, 0) is 4.79 Å². The number of benzene rings is 2. The van der Waals surface area contributed by atoms with Crippen molar-refractivity contribution in [3.8, 4) is 11.3 Å². The number of nitrogens with zero attached hydrogens (tertiary/aromatic N) is 3. The normalized spacial score (nSPS) is 21.4. The SMILES string of the molecule is O=C(CSc1nnc(-c2ccccc2)c2ccccc12)N1CCC[C@H]2CCCC[C@H]21. The average Bonchev–Trinajstić information content (AvgIpc) is 2.82. The summed E-state index contributed by atoms with van der Waals surface area (Å²) in [6.45, 7) is 0.917. The summed E-state index contributed by atoms with van der Waals surface area (Å²) >= 11 is 1.53. The number of carbonyl (C=O) groups is 1. The number of thioether (sulfide) groups is 1. The van der Waals surface area contributed by atoms with Gasteiger partial charge in [0.2, 0.25) is 5.91 Å². The van der Waals surface area contributed by atoms with Crippen LogP contribution < -0.4 is 0 Å². The molecule has 5 rings (SSSR count). The summed E-state index contributed by atoms with van der Waals surface area (Å²) < 4.78 is 0. The molecular weight excluding hydrogens is 390 g/mol. The lowest BCUT2D eigenvalue weighted by Crippen LogP contribution is -2.50. The maximum atomic E-state index is 13.1. The van der Waals surface area contributed by atoms with Gasteiger partial charge >= 0.3 is 0 Å². The predicted octanol–water partition coefficient (Wildman–Crippen LogP) is 5.57. The number of carbonyl (C=O) groups excluding carboxylic acids is 1. The highest BCUT2D eigenvalue weighted by Gasteiger charge is 2.35. The van der Waals surface area contributed by atoms with E-state index < -0.39 is 0 Å². The van der Waals surface area contributed by atoms with Crippen LogP contribution in [0.3, 0.4) is 0 Å². The number of likely N-dealkylation sites (tertiary alicyclic amines) is 1. The molecule has 4 nitrogen and oxygen atoms in total. The molecule has 1 aromatic heterocycles. The second-order valence-corrected chi connectivity index (χ2v) is 9.36. The second kappa shape index (κ2) is 8.76. The highest BCUT2D eigenvalue weighted by Crippen LogP contribution is 2.36. The number of fused-ring (bicyclic) bond motifs is 2. The second-order valence-electron chi connectivity index (χ2n) is 8.40. The van der Waals surface area contributed by atoms with Crippen LogP contribution in [-0.4, -0.2) is 39.3 Å². The fourth-order valence-corrected chi connectivity index (χ4v) is 6.00. The molecule has 1 amide bonds. The van der Waals surface area contributed by atoms with Gasteiger partial charge in [-0.2, -0.15) is 0 Å². The molecule has 1 aliphatic heterocycles. The van der Waals surface area contributed by atoms with E-state index >= 15 is 0 Å². The van der Waals surface area contributed by atoms with E-state index in [-0.39, 0.29) is 5.91 Å². The molecule has 2 aliphatic rings. The van der Waals surface area contributed by atoms with Crippen molar-refractivity contribution >= 4 is 28.4 Å². The van der Waals surface area contributed by atoms with E-state index in [1.165, 1.54) is 43.9 Å². The van der Waals surface area contributed by atoms with E-state index in [0.717, 1.165) is 40.0 Å². The van der Waals surface area contributed by atoms with Gasteiger partial charge in [-0.15, -0.1) is 10.2 Å². The van der Waals surface area contributed by atoms with Crippen molar-refractivity contribution in [2.24, 2.45) is 5.92 Å². The van der Waals surface area contributed by atoms with Gasteiger partial charge in [0.1, 0.15) is 10.7 Å². The third-order valence-corrected chi connectivity index (χ3v) is 7.56. The van der Waals surface area contributed by atoms with Crippen molar-refractivity contribution in [1.29, 1.82) is 0 Å². The first-order valence-electron chi connectivity index (χ1n) is 11.0. The number of rotatable bonds is 4. The molecular formula is C25H27N3OS. The van der Waals surface area contributed by atoms with Crippen LogP contribution in [0.2, 0.25) is 0 Å². The Morgan fingerprint density at radius 1 is 0.900 bits per heavy atom. The number of amides is 1. The molecule has 1 saturated carbocycles. The molecule has 0 unspecified atom stereocenters. The molecule has 0 N–H and O–H groups in total. The van der Waals surface area contributed by atoms with Crippen molar-refractivity contribution in [1.82, 2.24) is 15.1 Å². The maximum absolute atomic E-state index is 13.1. The Morgan fingerprint density at radius 3 is 2.50 bits per heavy atom. The van der Waals surface area contributed by atoms with Gasteiger partial charge in [-0.25, -0.2) is 0 Å². The summed E-state index contributed by atoms with van der Waals surface area (Å²) in [6.07, 6.45) is 7.49. The number of hydrogen-bond acceptors (Lipinski definition) is 4. The van der Waals surface area contributed by atoms with Gasteiger partial charge in [0.15, 0.2) is 0 Å². The third-order valence-electron chi connectivity index (χ3n) is 6.60. The Hall–Kier alpha value is -2.40. The summed E-state index contributed by atoms with van der Waals surface area (Å²) in [6, 6.07) is 18.9. The van der Waals surface area contributed by atoms with E-state index in [4.69, 9.17) is 0 Å². The van der Waals surface area contributed by atoms with Gasteiger partial charge in [-0.05, 0) is 31.6 Å². The van der Waals surface area contributed by atoms with Crippen LogP contribution in [0, 0.1) is 5.92 Å². The fourth-order valence-electron chi connectivity index (χ4n) is 5.14. The molecule has 5 heteroatoms. The summed E-state index contributed by atoms with van der Waals surface area (Å²) in [5.41, 5.74) is 1.95. The van der Waals surface area contributed by atoms with Gasteiger partial charge < -0.3 is 4.90 Å². The Balaban J connectivity index is 1.36. The van der Waals surface area contributed by atoms with Crippen molar-refractivity contribution in [3.05, 3.63) is 54.6 Å². The largest absolute Gasteiger partial charge is 0.339 e.